The number of nitrogens with zero attached hydrogens (tertiary/aromatic N) is 1. The van der Waals surface area contributed by atoms with E-state index >= 15 is 0 Å². The van der Waals surface area contributed by atoms with Crippen molar-refractivity contribution in [2.24, 2.45) is 17.2 Å². The van der Waals surface area contributed by atoms with Crippen molar-refractivity contribution in [1.29, 1.82) is 0 Å². The molecule has 0 saturated carbocycles. The molecule has 0 aromatic rings. The van der Waals surface area contributed by atoms with Gasteiger partial charge in [-0.05, 0) is 33.6 Å². The zero-order chi connectivity index (χ0) is 39.2. The number of hydrogen-bond donors (Lipinski definition) is 13. The highest BCUT2D eigenvalue weighted by Gasteiger charge is 2.38. The number of primary amides is 2. The Morgan fingerprint density at radius 3 is 1.75 bits per heavy atom. The van der Waals surface area contributed by atoms with Gasteiger partial charge in [-0.25, -0.2) is 0 Å². The first kappa shape index (κ1) is 44.1. The molecular formula is C28H48N10O13. The minimum atomic E-state index is -1.75. The first-order chi connectivity index (χ1) is 23.7. The molecule has 1 aliphatic rings. The molecule has 0 spiro atoms. The summed E-state index contributed by atoms with van der Waals surface area (Å²) in [6.45, 7) is 1.11. The third-order valence-corrected chi connectivity index (χ3v) is 7.53. The number of nitrogens with two attached hydrogens (primary N) is 3. The zero-order valence-corrected chi connectivity index (χ0v) is 28.3. The lowest BCUT2D eigenvalue weighted by Gasteiger charge is -2.29. The minimum Gasteiger partial charge on any atom is -0.394 e. The number of nitrogens with one attached hydrogen (secondary N) is 6. The quantitative estimate of drug-likeness (QED) is 0.0553. The Morgan fingerprint density at radius 2 is 1.25 bits per heavy atom. The molecule has 288 valence electrons. The van der Waals surface area contributed by atoms with Gasteiger partial charge in [-0.2, -0.15) is 0 Å². The van der Waals surface area contributed by atoms with Crippen LogP contribution in [0.2, 0.25) is 0 Å². The van der Waals surface area contributed by atoms with E-state index in [1.165, 1.54) is 13.8 Å². The molecule has 16 N–H and O–H groups in total. The number of likely N-dealkylation sites (tertiary alicyclic amines) is 1. The van der Waals surface area contributed by atoms with Gasteiger partial charge >= 0.3 is 0 Å². The Kier molecular flexibility index (Phi) is 17.8. The van der Waals surface area contributed by atoms with E-state index in [0.717, 1.165) is 11.8 Å². The predicted molar refractivity (Wildman–Crippen MR) is 172 cm³/mol. The lowest BCUT2D eigenvalue weighted by atomic mass is 10.1. The summed E-state index contributed by atoms with van der Waals surface area (Å²) >= 11 is 0. The van der Waals surface area contributed by atoms with Gasteiger partial charge in [0, 0.05) is 6.54 Å². The summed E-state index contributed by atoms with van der Waals surface area (Å²) in [5, 5.41) is 52.1. The molecular weight excluding hydrogens is 684 g/mol. The molecule has 0 unspecified atom stereocenters. The lowest BCUT2D eigenvalue weighted by Crippen LogP contribution is -2.60. The molecule has 0 aliphatic carbocycles. The monoisotopic (exact) mass is 732 g/mol. The molecule has 9 amide bonds. The van der Waals surface area contributed by atoms with Crippen LogP contribution in [0.1, 0.15) is 40.0 Å². The Morgan fingerprint density at radius 1 is 0.706 bits per heavy atom. The number of carbonyl (C=O) groups is 9. The van der Waals surface area contributed by atoms with Crippen molar-refractivity contribution in [3.8, 4) is 0 Å². The second kappa shape index (κ2) is 20.6. The van der Waals surface area contributed by atoms with Crippen molar-refractivity contribution >= 4 is 53.2 Å². The Bertz CT molecular complexity index is 1310. The minimum absolute atomic E-state index is 0.174. The zero-order valence-electron chi connectivity index (χ0n) is 28.3. The fraction of sp³-hybridized carbons (Fsp3) is 0.679. The second-order valence-corrected chi connectivity index (χ2v) is 11.8. The van der Waals surface area contributed by atoms with Crippen LogP contribution < -0.4 is 49.1 Å². The van der Waals surface area contributed by atoms with E-state index in [1.807, 2.05) is 0 Å². The van der Waals surface area contributed by atoms with Crippen molar-refractivity contribution in [3.05, 3.63) is 0 Å². The molecule has 1 rings (SSSR count). The van der Waals surface area contributed by atoms with E-state index < -0.39 is 134 Å². The SMILES string of the molecule is C[C@@H](O)[C@H](N)C(=O)N[C@@H](CC(N)=O)C(=O)N[C@H](C(=O)NCC(=O)N[C@@H](CO)C(=O)NCC(=O)N[C@H](C(=O)N1CCC[C@H]1C(N)=O)[C@@H](C)O)[C@@H](C)O. The Balaban J connectivity index is 2.76. The summed E-state index contributed by atoms with van der Waals surface area (Å²) in [5.74, 6) is -8.90. The Hall–Kier alpha value is -4.97. The topological polar surface area (TPSA) is 388 Å². The van der Waals surface area contributed by atoms with E-state index in [-0.39, 0.29) is 6.54 Å². The first-order valence-corrected chi connectivity index (χ1v) is 15.7. The highest BCUT2D eigenvalue weighted by molar-refractivity contribution is 5.97. The number of amides is 9. The molecule has 9 atom stereocenters. The van der Waals surface area contributed by atoms with Crippen LogP contribution in [-0.2, 0) is 43.2 Å². The average molecular weight is 733 g/mol. The number of aliphatic hydroxyl groups excluding tert-OH is 4. The maximum absolute atomic E-state index is 12.9. The van der Waals surface area contributed by atoms with Crippen LogP contribution in [-0.4, -0.2) is 159 Å². The number of aliphatic hydroxyl groups is 4. The van der Waals surface area contributed by atoms with E-state index in [9.17, 15) is 63.6 Å². The normalized spacial score (nSPS) is 18.7. The van der Waals surface area contributed by atoms with Gasteiger partial charge in [0.2, 0.25) is 53.2 Å². The molecule has 23 nitrogen and oxygen atoms in total. The van der Waals surface area contributed by atoms with E-state index in [1.54, 1.807) is 0 Å². The highest BCUT2D eigenvalue weighted by atomic mass is 16.3. The number of hydrogen-bond acceptors (Lipinski definition) is 14. The van der Waals surface area contributed by atoms with Crippen LogP contribution in [0.5, 0.6) is 0 Å². The third-order valence-electron chi connectivity index (χ3n) is 7.53. The molecule has 0 radical (unpaired) electrons. The predicted octanol–water partition coefficient (Wildman–Crippen LogP) is -9.03. The number of rotatable bonds is 20. The second-order valence-electron chi connectivity index (χ2n) is 11.8. The molecule has 0 bridgehead atoms. The van der Waals surface area contributed by atoms with Crippen LogP contribution >= 0.6 is 0 Å². The van der Waals surface area contributed by atoms with Crippen molar-refractivity contribution < 1.29 is 63.6 Å². The summed E-state index contributed by atoms with van der Waals surface area (Å²) in [7, 11) is 0. The van der Waals surface area contributed by atoms with Crippen LogP contribution in [0.15, 0.2) is 0 Å². The molecule has 0 aromatic carbocycles. The van der Waals surface area contributed by atoms with Gasteiger partial charge < -0.3 is 74.4 Å². The van der Waals surface area contributed by atoms with Crippen molar-refractivity contribution in [2.75, 3.05) is 26.2 Å². The third kappa shape index (κ3) is 14.1. The smallest absolute Gasteiger partial charge is 0.248 e. The van der Waals surface area contributed by atoms with Crippen LogP contribution in [0.3, 0.4) is 0 Å². The summed E-state index contributed by atoms with van der Waals surface area (Å²) in [5.41, 5.74) is 16.0. The fourth-order valence-corrected chi connectivity index (χ4v) is 4.68. The standard InChI is InChI=1S/C28H48N10O13/c1-11(40)20(30)26(49)35-14(7-17(29)43)25(48)37-21(12(2)41)27(50)33-8-18(44)34-15(10-39)24(47)32-9-19(45)36-22(13(3)42)28(51)38-6-4-5-16(38)23(31)46/h11-16,20-22,39-42H,4-10,30H2,1-3H3,(H2,29,43)(H2,31,46)(H,32,47)(H,33,50)(H,34,44)(H,35,49)(H,36,45)(H,37,48)/t11-,12-,13-,14+,15+,16+,20+,21+,22+/m1/s1. The van der Waals surface area contributed by atoms with Gasteiger partial charge in [0.1, 0.15) is 36.3 Å². The molecule has 51 heavy (non-hydrogen) atoms. The maximum Gasteiger partial charge on any atom is 0.248 e. The maximum atomic E-state index is 12.9. The molecule has 1 saturated heterocycles. The van der Waals surface area contributed by atoms with Crippen LogP contribution in [0.25, 0.3) is 0 Å². The van der Waals surface area contributed by atoms with Gasteiger partial charge in [0.05, 0.1) is 44.4 Å². The van der Waals surface area contributed by atoms with Crippen molar-refractivity contribution in [3.63, 3.8) is 0 Å². The average Bonchev–Trinajstić information content (AvgIpc) is 3.55. The molecule has 1 aliphatic heterocycles. The molecule has 0 aromatic heterocycles. The number of carbonyl (C=O) groups excluding carboxylic acids is 9. The van der Waals surface area contributed by atoms with Crippen molar-refractivity contribution in [2.45, 2.75) is 94.6 Å². The molecule has 1 heterocycles. The van der Waals surface area contributed by atoms with Gasteiger partial charge in [0.15, 0.2) is 0 Å². The highest BCUT2D eigenvalue weighted by Crippen LogP contribution is 2.18. The van der Waals surface area contributed by atoms with Crippen LogP contribution in [0.4, 0.5) is 0 Å². The Labute approximate surface area is 291 Å². The van der Waals surface area contributed by atoms with Crippen LogP contribution in [0, 0.1) is 0 Å². The first-order valence-electron chi connectivity index (χ1n) is 15.7. The van der Waals surface area contributed by atoms with Gasteiger partial charge in [-0.15, -0.1) is 0 Å². The van der Waals surface area contributed by atoms with Gasteiger partial charge in [-0.1, -0.05) is 0 Å². The van der Waals surface area contributed by atoms with Crippen molar-refractivity contribution in [1.82, 2.24) is 36.8 Å². The summed E-state index contributed by atoms with van der Waals surface area (Å²) in [6.07, 6.45) is -4.27. The van der Waals surface area contributed by atoms with Gasteiger partial charge in [-0.3, -0.25) is 43.2 Å². The summed E-state index contributed by atoms with van der Waals surface area (Å²) in [6, 6.07) is -8.93. The lowest BCUT2D eigenvalue weighted by molar-refractivity contribution is -0.143. The van der Waals surface area contributed by atoms with E-state index in [2.05, 4.69) is 31.9 Å². The fourth-order valence-electron chi connectivity index (χ4n) is 4.68. The van der Waals surface area contributed by atoms with Gasteiger partial charge in [0.25, 0.3) is 0 Å². The molecule has 23 heteroatoms. The summed E-state index contributed by atoms with van der Waals surface area (Å²) < 4.78 is 0. The van der Waals surface area contributed by atoms with E-state index in [0.29, 0.717) is 12.8 Å². The van der Waals surface area contributed by atoms with E-state index in [4.69, 9.17) is 17.2 Å². The largest absolute Gasteiger partial charge is 0.394 e. The molecule has 1 fully saturated rings. The summed E-state index contributed by atoms with van der Waals surface area (Å²) in [4.78, 5) is 112.